The Morgan fingerprint density at radius 2 is 2.00 bits per heavy atom. The van der Waals surface area contributed by atoms with Crippen LogP contribution in [0.1, 0.15) is 15.9 Å². The van der Waals surface area contributed by atoms with Crippen molar-refractivity contribution >= 4 is 31.9 Å². The molecule has 0 spiro atoms. The van der Waals surface area contributed by atoms with Crippen LogP contribution in [0, 0.1) is 6.92 Å². The fourth-order valence-corrected chi connectivity index (χ4v) is 2.25. The van der Waals surface area contributed by atoms with Gasteiger partial charge in [0.1, 0.15) is 0 Å². The zero-order valence-corrected chi connectivity index (χ0v) is 12.6. The van der Waals surface area contributed by atoms with Crippen LogP contribution < -0.4 is 10.0 Å². The summed E-state index contributed by atoms with van der Waals surface area (Å²) in [5, 5.41) is 2.64. The summed E-state index contributed by atoms with van der Waals surface area (Å²) in [5.74, 6) is -0.235. The average Bonchev–Trinajstić information content (AvgIpc) is 2.26. The molecular formula is C11H15BrN2O3S. The van der Waals surface area contributed by atoms with Crippen LogP contribution in [0.25, 0.3) is 0 Å². The molecule has 0 heterocycles. The van der Waals surface area contributed by atoms with Crippen molar-refractivity contribution in [2.24, 2.45) is 0 Å². The molecule has 0 radical (unpaired) electrons. The summed E-state index contributed by atoms with van der Waals surface area (Å²) >= 11 is 3.35. The molecule has 0 unspecified atom stereocenters. The van der Waals surface area contributed by atoms with Gasteiger partial charge in [-0.15, -0.1) is 0 Å². The number of carbonyl (C=O) groups is 1. The van der Waals surface area contributed by atoms with E-state index in [-0.39, 0.29) is 19.0 Å². The van der Waals surface area contributed by atoms with Gasteiger partial charge in [0.25, 0.3) is 5.91 Å². The molecular weight excluding hydrogens is 320 g/mol. The second-order valence-corrected chi connectivity index (χ2v) is 6.48. The second kappa shape index (κ2) is 6.31. The quantitative estimate of drug-likeness (QED) is 0.790. The van der Waals surface area contributed by atoms with Crippen LogP contribution in [0.2, 0.25) is 0 Å². The maximum absolute atomic E-state index is 11.8. The molecule has 0 aliphatic heterocycles. The first-order valence-electron chi connectivity index (χ1n) is 5.29. The Balaban J connectivity index is 2.54. The van der Waals surface area contributed by atoms with Gasteiger partial charge in [-0.2, -0.15) is 0 Å². The van der Waals surface area contributed by atoms with Gasteiger partial charge in [0, 0.05) is 17.6 Å². The Kier molecular flexibility index (Phi) is 5.30. The number of amides is 1. The molecule has 1 aromatic carbocycles. The highest BCUT2D eigenvalue weighted by atomic mass is 79.9. The van der Waals surface area contributed by atoms with Crippen LogP contribution in [-0.4, -0.2) is 33.7 Å². The summed E-state index contributed by atoms with van der Waals surface area (Å²) in [6, 6.07) is 5.40. The summed E-state index contributed by atoms with van der Waals surface area (Å²) in [7, 11) is -3.21. The van der Waals surface area contributed by atoms with Crippen LogP contribution in [-0.2, 0) is 10.0 Å². The van der Waals surface area contributed by atoms with Crippen molar-refractivity contribution in [3.05, 3.63) is 33.8 Å². The molecule has 100 valence electrons. The summed E-state index contributed by atoms with van der Waals surface area (Å²) in [6.45, 7) is 2.31. The number of sulfonamides is 1. The summed E-state index contributed by atoms with van der Waals surface area (Å²) in [4.78, 5) is 11.8. The third kappa shape index (κ3) is 4.75. The van der Waals surface area contributed by atoms with Crippen molar-refractivity contribution in [1.82, 2.24) is 10.0 Å². The van der Waals surface area contributed by atoms with E-state index in [0.29, 0.717) is 5.56 Å². The monoisotopic (exact) mass is 334 g/mol. The SMILES string of the molecule is Cc1cccc(C(=O)NCCNS(C)(=O)=O)c1Br. The molecule has 5 nitrogen and oxygen atoms in total. The van der Waals surface area contributed by atoms with Crippen LogP contribution in [0.3, 0.4) is 0 Å². The highest BCUT2D eigenvalue weighted by Crippen LogP contribution is 2.20. The van der Waals surface area contributed by atoms with E-state index in [4.69, 9.17) is 0 Å². The van der Waals surface area contributed by atoms with Gasteiger partial charge >= 0.3 is 0 Å². The number of hydrogen-bond donors (Lipinski definition) is 2. The Bertz CT molecular complexity index is 543. The van der Waals surface area contributed by atoms with E-state index in [1.54, 1.807) is 12.1 Å². The summed E-state index contributed by atoms with van der Waals surface area (Å²) in [5.41, 5.74) is 1.51. The molecule has 0 aliphatic carbocycles. The molecule has 0 aliphatic rings. The molecule has 1 aromatic rings. The minimum absolute atomic E-state index is 0.175. The third-order valence-corrected chi connectivity index (χ3v) is 3.99. The van der Waals surface area contributed by atoms with Gasteiger partial charge in [-0.1, -0.05) is 12.1 Å². The van der Waals surface area contributed by atoms with Gasteiger partial charge < -0.3 is 5.32 Å². The first-order valence-corrected chi connectivity index (χ1v) is 7.97. The lowest BCUT2D eigenvalue weighted by molar-refractivity contribution is 0.0953. The van der Waals surface area contributed by atoms with Crippen LogP contribution in [0.15, 0.2) is 22.7 Å². The number of benzene rings is 1. The molecule has 2 N–H and O–H groups in total. The van der Waals surface area contributed by atoms with E-state index in [2.05, 4.69) is 26.0 Å². The van der Waals surface area contributed by atoms with Crippen molar-refractivity contribution in [1.29, 1.82) is 0 Å². The molecule has 18 heavy (non-hydrogen) atoms. The van der Waals surface area contributed by atoms with Crippen molar-refractivity contribution in [2.45, 2.75) is 6.92 Å². The molecule has 0 saturated carbocycles. The number of nitrogens with one attached hydrogen (secondary N) is 2. The Hall–Kier alpha value is -0.920. The van der Waals surface area contributed by atoms with Gasteiger partial charge in [-0.05, 0) is 34.5 Å². The molecule has 0 bridgehead atoms. The zero-order chi connectivity index (χ0) is 13.8. The molecule has 0 fully saturated rings. The minimum Gasteiger partial charge on any atom is -0.351 e. The first-order chi connectivity index (χ1) is 8.31. The fraction of sp³-hybridized carbons (Fsp3) is 0.364. The number of aryl methyl sites for hydroxylation is 1. The molecule has 1 rings (SSSR count). The fourth-order valence-electron chi connectivity index (χ4n) is 1.33. The van der Waals surface area contributed by atoms with Crippen molar-refractivity contribution in [3.63, 3.8) is 0 Å². The van der Waals surface area contributed by atoms with Gasteiger partial charge in [0.15, 0.2) is 0 Å². The smallest absolute Gasteiger partial charge is 0.252 e. The van der Waals surface area contributed by atoms with E-state index in [1.807, 2.05) is 13.0 Å². The molecule has 7 heteroatoms. The van der Waals surface area contributed by atoms with E-state index in [9.17, 15) is 13.2 Å². The Labute approximate surface area is 115 Å². The van der Waals surface area contributed by atoms with Gasteiger partial charge in [0.05, 0.1) is 11.8 Å². The lowest BCUT2D eigenvalue weighted by Gasteiger charge is -2.08. The van der Waals surface area contributed by atoms with Crippen LogP contribution in [0.5, 0.6) is 0 Å². The third-order valence-electron chi connectivity index (χ3n) is 2.21. The molecule has 1 amide bonds. The number of rotatable bonds is 5. The van der Waals surface area contributed by atoms with Gasteiger partial charge in [0.2, 0.25) is 10.0 Å². The normalized spacial score (nSPS) is 11.3. The van der Waals surface area contributed by atoms with Gasteiger partial charge in [-0.3, -0.25) is 4.79 Å². The first kappa shape index (κ1) is 15.1. The molecule has 0 aromatic heterocycles. The number of halogens is 1. The summed E-state index contributed by atoms with van der Waals surface area (Å²) < 4.78 is 24.7. The Morgan fingerprint density at radius 1 is 1.33 bits per heavy atom. The standard InChI is InChI=1S/C11H15BrN2O3S/c1-8-4-3-5-9(10(8)12)11(15)13-6-7-14-18(2,16)17/h3-5,14H,6-7H2,1-2H3,(H,13,15). The lowest BCUT2D eigenvalue weighted by Crippen LogP contribution is -2.34. The van der Waals surface area contributed by atoms with E-state index in [0.717, 1.165) is 16.3 Å². The maximum Gasteiger partial charge on any atom is 0.252 e. The highest BCUT2D eigenvalue weighted by molar-refractivity contribution is 9.10. The van der Waals surface area contributed by atoms with E-state index < -0.39 is 10.0 Å². The predicted molar refractivity (Wildman–Crippen MR) is 74.1 cm³/mol. The Morgan fingerprint density at radius 3 is 2.61 bits per heavy atom. The largest absolute Gasteiger partial charge is 0.351 e. The number of hydrogen-bond acceptors (Lipinski definition) is 3. The maximum atomic E-state index is 11.8. The van der Waals surface area contributed by atoms with E-state index >= 15 is 0 Å². The van der Waals surface area contributed by atoms with E-state index in [1.165, 1.54) is 0 Å². The van der Waals surface area contributed by atoms with Crippen LogP contribution >= 0.6 is 15.9 Å². The molecule has 0 atom stereocenters. The number of carbonyl (C=O) groups excluding carboxylic acids is 1. The second-order valence-electron chi connectivity index (χ2n) is 3.86. The van der Waals surface area contributed by atoms with Crippen LogP contribution in [0.4, 0.5) is 0 Å². The predicted octanol–water partition coefficient (Wildman–Crippen LogP) is 1.04. The summed E-state index contributed by atoms with van der Waals surface area (Å²) in [6.07, 6.45) is 1.08. The minimum atomic E-state index is -3.21. The topological polar surface area (TPSA) is 75.3 Å². The van der Waals surface area contributed by atoms with Crippen molar-refractivity contribution in [3.8, 4) is 0 Å². The highest BCUT2D eigenvalue weighted by Gasteiger charge is 2.10. The van der Waals surface area contributed by atoms with Crippen molar-refractivity contribution in [2.75, 3.05) is 19.3 Å². The van der Waals surface area contributed by atoms with Gasteiger partial charge in [-0.25, -0.2) is 13.1 Å². The zero-order valence-electron chi connectivity index (χ0n) is 10.2. The lowest BCUT2D eigenvalue weighted by atomic mass is 10.1. The van der Waals surface area contributed by atoms with Crippen molar-refractivity contribution < 1.29 is 13.2 Å². The molecule has 0 saturated heterocycles. The average molecular weight is 335 g/mol.